The Hall–Kier alpha value is -2.70. The SMILES string of the molecule is O=C(CN(C(=O)c1cccc(F)c1)C1CCCCC1)Nc1ccon1. The maximum Gasteiger partial charge on any atom is 0.254 e. The fourth-order valence-corrected chi connectivity index (χ4v) is 3.16. The number of nitrogens with zero attached hydrogens (tertiary/aromatic N) is 2. The highest BCUT2D eigenvalue weighted by Gasteiger charge is 2.28. The van der Waals surface area contributed by atoms with E-state index in [1.54, 1.807) is 11.0 Å². The Kier molecular flexibility index (Phi) is 5.42. The molecule has 1 fully saturated rings. The number of benzene rings is 1. The highest BCUT2D eigenvalue weighted by molar-refractivity contribution is 5.99. The number of halogens is 1. The number of carbonyl (C=O) groups excluding carboxylic acids is 2. The van der Waals surface area contributed by atoms with Gasteiger partial charge in [0.15, 0.2) is 5.82 Å². The number of aromatic nitrogens is 1. The molecule has 1 aromatic heterocycles. The minimum absolute atomic E-state index is 0.0208. The van der Waals surface area contributed by atoms with Crippen molar-refractivity contribution in [3.05, 3.63) is 48.0 Å². The molecule has 2 aromatic rings. The van der Waals surface area contributed by atoms with Crippen molar-refractivity contribution in [3.63, 3.8) is 0 Å². The molecule has 1 aliphatic rings. The first-order valence-corrected chi connectivity index (χ1v) is 8.40. The van der Waals surface area contributed by atoms with Crippen molar-refractivity contribution in [1.82, 2.24) is 10.1 Å². The van der Waals surface area contributed by atoms with Gasteiger partial charge in [0.25, 0.3) is 5.91 Å². The monoisotopic (exact) mass is 345 g/mol. The lowest BCUT2D eigenvalue weighted by Crippen LogP contribution is -2.45. The molecule has 1 saturated carbocycles. The quantitative estimate of drug-likeness (QED) is 0.903. The molecule has 0 aliphatic heterocycles. The van der Waals surface area contributed by atoms with Crippen LogP contribution in [0.25, 0.3) is 0 Å². The Morgan fingerprint density at radius 2 is 2.04 bits per heavy atom. The molecule has 1 aliphatic carbocycles. The zero-order chi connectivity index (χ0) is 17.6. The molecule has 0 radical (unpaired) electrons. The van der Waals surface area contributed by atoms with Gasteiger partial charge in [-0.1, -0.05) is 30.5 Å². The van der Waals surface area contributed by atoms with Gasteiger partial charge in [0.05, 0.1) is 0 Å². The summed E-state index contributed by atoms with van der Waals surface area (Å²) in [5.74, 6) is -0.862. The summed E-state index contributed by atoms with van der Waals surface area (Å²) in [5, 5.41) is 6.23. The van der Waals surface area contributed by atoms with Crippen LogP contribution in [0, 0.1) is 5.82 Å². The summed E-state index contributed by atoms with van der Waals surface area (Å²) in [6.07, 6.45) is 6.21. The molecule has 0 atom stereocenters. The molecule has 2 amide bonds. The zero-order valence-electron chi connectivity index (χ0n) is 13.8. The van der Waals surface area contributed by atoms with Gasteiger partial charge in [0.1, 0.15) is 18.6 Å². The van der Waals surface area contributed by atoms with E-state index in [-0.39, 0.29) is 30.0 Å². The van der Waals surface area contributed by atoms with Crippen LogP contribution in [0.2, 0.25) is 0 Å². The van der Waals surface area contributed by atoms with Crippen LogP contribution in [0.15, 0.2) is 41.1 Å². The first-order chi connectivity index (χ1) is 12.1. The number of anilines is 1. The Labute approximate surface area is 145 Å². The molecular weight excluding hydrogens is 325 g/mol. The van der Waals surface area contributed by atoms with E-state index in [0.29, 0.717) is 5.82 Å². The van der Waals surface area contributed by atoms with Crippen LogP contribution >= 0.6 is 0 Å². The van der Waals surface area contributed by atoms with Crippen molar-refractivity contribution in [2.45, 2.75) is 38.1 Å². The normalized spacial score (nSPS) is 14.9. The lowest BCUT2D eigenvalue weighted by atomic mass is 9.93. The van der Waals surface area contributed by atoms with Crippen molar-refractivity contribution in [2.75, 3.05) is 11.9 Å². The maximum atomic E-state index is 13.5. The Bertz CT molecular complexity index is 727. The van der Waals surface area contributed by atoms with E-state index in [1.165, 1.54) is 30.5 Å². The average molecular weight is 345 g/mol. The van der Waals surface area contributed by atoms with Crippen LogP contribution in [0.4, 0.5) is 10.2 Å². The first kappa shape index (κ1) is 17.1. The minimum atomic E-state index is -0.471. The summed E-state index contributed by atoms with van der Waals surface area (Å²) in [6.45, 7) is -0.104. The molecular formula is C18H20FN3O3. The summed E-state index contributed by atoms with van der Waals surface area (Å²) in [4.78, 5) is 26.7. The predicted octanol–water partition coefficient (Wildman–Crippen LogP) is 3.23. The molecule has 1 aromatic carbocycles. The van der Waals surface area contributed by atoms with Crippen molar-refractivity contribution >= 4 is 17.6 Å². The number of amides is 2. The van der Waals surface area contributed by atoms with E-state index in [9.17, 15) is 14.0 Å². The molecule has 132 valence electrons. The molecule has 0 saturated heterocycles. The third kappa shape index (κ3) is 4.43. The van der Waals surface area contributed by atoms with Crippen LogP contribution in [0.5, 0.6) is 0 Å². The van der Waals surface area contributed by atoms with Gasteiger partial charge in [-0.05, 0) is 31.0 Å². The summed E-state index contributed by atoms with van der Waals surface area (Å²) in [5.41, 5.74) is 0.250. The molecule has 1 N–H and O–H groups in total. The Morgan fingerprint density at radius 3 is 2.72 bits per heavy atom. The summed E-state index contributed by atoms with van der Waals surface area (Å²) >= 11 is 0. The maximum absolute atomic E-state index is 13.5. The Morgan fingerprint density at radius 1 is 1.24 bits per heavy atom. The fourth-order valence-electron chi connectivity index (χ4n) is 3.16. The van der Waals surface area contributed by atoms with Crippen LogP contribution in [-0.2, 0) is 4.79 Å². The fraction of sp³-hybridized carbons (Fsp3) is 0.389. The predicted molar refractivity (Wildman–Crippen MR) is 89.4 cm³/mol. The van der Waals surface area contributed by atoms with Crippen LogP contribution in [0.3, 0.4) is 0 Å². The molecule has 0 spiro atoms. The summed E-state index contributed by atoms with van der Waals surface area (Å²) < 4.78 is 18.2. The van der Waals surface area contributed by atoms with Crippen LogP contribution in [0.1, 0.15) is 42.5 Å². The smallest absolute Gasteiger partial charge is 0.254 e. The third-order valence-electron chi connectivity index (χ3n) is 4.37. The number of nitrogens with one attached hydrogen (secondary N) is 1. The number of carbonyl (C=O) groups is 2. The molecule has 7 heteroatoms. The van der Waals surface area contributed by atoms with Crippen molar-refractivity contribution in [1.29, 1.82) is 0 Å². The van der Waals surface area contributed by atoms with Crippen LogP contribution < -0.4 is 5.32 Å². The number of hydrogen-bond donors (Lipinski definition) is 1. The third-order valence-corrected chi connectivity index (χ3v) is 4.37. The number of rotatable bonds is 5. The van der Waals surface area contributed by atoms with E-state index < -0.39 is 5.82 Å². The van der Waals surface area contributed by atoms with Crippen molar-refractivity contribution < 1.29 is 18.5 Å². The topological polar surface area (TPSA) is 75.4 Å². The largest absolute Gasteiger partial charge is 0.363 e. The number of hydrogen-bond acceptors (Lipinski definition) is 4. The molecule has 25 heavy (non-hydrogen) atoms. The molecule has 6 nitrogen and oxygen atoms in total. The molecule has 0 bridgehead atoms. The van der Waals surface area contributed by atoms with Gasteiger partial charge in [0, 0.05) is 17.7 Å². The second-order valence-electron chi connectivity index (χ2n) is 6.17. The highest BCUT2D eigenvalue weighted by atomic mass is 19.1. The van der Waals surface area contributed by atoms with Gasteiger partial charge in [-0.25, -0.2) is 4.39 Å². The lowest BCUT2D eigenvalue weighted by molar-refractivity contribution is -0.117. The first-order valence-electron chi connectivity index (χ1n) is 8.40. The summed E-state index contributed by atoms with van der Waals surface area (Å²) in [7, 11) is 0. The van der Waals surface area contributed by atoms with E-state index in [0.717, 1.165) is 32.1 Å². The molecule has 3 rings (SSSR count). The van der Waals surface area contributed by atoms with Crippen molar-refractivity contribution in [2.24, 2.45) is 0 Å². The molecule has 0 unspecified atom stereocenters. The highest BCUT2D eigenvalue weighted by Crippen LogP contribution is 2.24. The minimum Gasteiger partial charge on any atom is -0.363 e. The second-order valence-corrected chi connectivity index (χ2v) is 6.17. The van der Waals surface area contributed by atoms with Gasteiger partial charge >= 0.3 is 0 Å². The average Bonchev–Trinajstić information content (AvgIpc) is 3.13. The Balaban J connectivity index is 1.76. The van der Waals surface area contributed by atoms with E-state index in [2.05, 4.69) is 15.0 Å². The van der Waals surface area contributed by atoms with Gasteiger partial charge < -0.3 is 14.7 Å². The van der Waals surface area contributed by atoms with Gasteiger partial charge in [-0.3, -0.25) is 9.59 Å². The zero-order valence-corrected chi connectivity index (χ0v) is 13.8. The van der Waals surface area contributed by atoms with Crippen molar-refractivity contribution in [3.8, 4) is 0 Å². The molecule has 1 heterocycles. The van der Waals surface area contributed by atoms with E-state index in [4.69, 9.17) is 0 Å². The van der Waals surface area contributed by atoms with Gasteiger partial charge in [-0.2, -0.15) is 0 Å². The summed E-state index contributed by atoms with van der Waals surface area (Å²) in [6, 6.07) is 7.06. The second kappa shape index (κ2) is 7.92. The van der Waals surface area contributed by atoms with Crippen LogP contribution in [-0.4, -0.2) is 34.5 Å². The standard InChI is InChI=1S/C18H20FN3O3/c19-14-6-4-5-13(11-14)18(24)22(15-7-2-1-3-8-15)12-17(23)20-16-9-10-25-21-16/h4-6,9-11,15H,1-3,7-8,12H2,(H,20,21,23). The van der Waals surface area contributed by atoms with E-state index in [1.807, 2.05) is 0 Å². The van der Waals surface area contributed by atoms with Gasteiger partial charge in [-0.15, -0.1) is 0 Å². The lowest BCUT2D eigenvalue weighted by Gasteiger charge is -2.34. The van der Waals surface area contributed by atoms with E-state index >= 15 is 0 Å². The van der Waals surface area contributed by atoms with Gasteiger partial charge in [0.2, 0.25) is 5.91 Å².